The number of morpholine rings is 2. The van der Waals surface area contributed by atoms with Crippen LogP contribution in [0.4, 0.5) is 19.0 Å². The zero-order valence-electron chi connectivity index (χ0n) is 19.3. The minimum Gasteiger partial charge on any atom is -0.475 e. The van der Waals surface area contributed by atoms with Crippen molar-refractivity contribution in [3.05, 3.63) is 46.2 Å². The molecule has 0 saturated carbocycles. The van der Waals surface area contributed by atoms with Crippen LogP contribution in [0.2, 0.25) is 0 Å². The van der Waals surface area contributed by atoms with Gasteiger partial charge in [0.15, 0.2) is 0 Å². The summed E-state index contributed by atoms with van der Waals surface area (Å²) in [5, 5.41) is 9.84. The minimum atomic E-state index is -5.08. The highest BCUT2D eigenvalue weighted by molar-refractivity contribution is 7.09. The number of carbonyl (C=O) groups excluding carboxylic acids is 1. The molecule has 0 aromatic carbocycles. The summed E-state index contributed by atoms with van der Waals surface area (Å²) in [6.45, 7) is 6.64. The van der Waals surface area contributed by atoms with E-state index in [0.29, 0.717) is 25.4 Å². The molecule has 1 atom stereocenters. The molecule has 36 heavy (non-hydrogen) atoms. The summed E-state index contributed by atoms with van der Waals surface area (Å²) in [6.07, 6.45) is -3.30. The summed E-state index contributed by atoms with van der Waals surface area (Å²) in [4.78, 5) is 34.9. The van der Waals surface area contributed by atoms with Gasteiger partial charge in [-0.2, -0.15) is 13.2 Å². The third kappa shape index (κ3) is 5.94. The number of carboxylic acid groups (broad SMARTS) is 1. The smallest absolute Gasteiger partial charge is 0.475 e. The van der Waals surface area contributed by atoms with Crippen molar-refractivity contribution >= 4 is 34.7 Å². The molecule has 14 heteroatoms. The number of thiazole rings is 1. The van der Waals surface area contributed by atoms with E-state index in [9.17, 15) is 18.0 Å². The predicted octanol–water partition coefficient (Wildman–Crippen LogP) is 2.78. The summed E-state index contributed by atoms with van der Waals surface area (Å²) < 4.78 is 45.3. The van der Waals surface area contributed by atoms with E-state index in [1.807, 2.05) is 35.5 Å². The van der Waals surface area contributed by atoms with Crippen LogP contribution in [0.25, 0.3) is 5.65 Å². The molecular weight excluding hydrogens is 503 g/mol. The van der Waals surface area contributed by atoms with Gasteiger partial charge in [0.2, 0.25) is 0 Å². The molecule has 0 spiro atoms. The van der Waals surface area contributed by atoms with Crippen LogP contribution in [-0.4, -0.2) is 88.4 Å². The molecule has 10 nitrogen and oxygen atoms in total. The molecule has 3 aromatic rings. The first-order valence-electron chi connectivity index (χ1n) is 11.1. The van der Waals surface area contributed by atoms with Crippen molar-refractivity contribution in [2.45, 2.75) is 19.2 Å². The van der Waals surface area contributed by atoms with Crippen LogP contribution in [0, 0.1) is 6.92 Å². The first kappa shape index (κ1) is 25.9. The molecular formula is C22H24F3N5O5S. The highest BCUT2D eigenvalue weighted by Gasteiger charge is 2.38. The summed E-state index contributed by atoms with van der Waals surface area (Å²) in [6, 6.07) is 6.13. The lowest BCUT2D eigenvalue weighted by Gasteiger charge is -2.31. The number of ether oxygens (including phenoxy) is 2. The Bertz CT molecular complexity index is 1220. The summed E-state index contributed by atoms with van der Waals surface area (Å²) in [5.74, 6) is -1.70. The Labute approximate surface area is 207 Å². The number of carbonyl (C=O) groups is 2. The number of alkyl halides is 3. The predicted molar refractivity (Wildman–Crippen MR) is 123 cm³/mol. The SMILES string of the molecule is Cc1nc(C(=O)N2CCOC(c3cn4c(N5CCOCC5)cccc4n3)C2)cs1.O=C(O)C(F)(F)F. The van der Waals surface area contributed by atoms with Gasteiger partial charge in [-0.1, -0.05) is 6.07 Å². The number of pyridine rings is 1. The van der Waals surface area contributed by atoms with Gasteiger partial charge in [0.05, 0.1) is 37.1 Å². The molecule has 2 aliphatic heterocycles. The first-order valence-corrected chi connectivity index (χ1v) is 12.0. The van der Waals surface area contributed by atoms with Crippen LogP contribution in [0.1, 0.15) is 27.3 Å². The number of aromatic nitrogens is 3. The van der Waals surface area contributed by atoms with E-state index in [2.05, 4.69) is 20.4 Å². The van der Waals surface area contributed by atoms with Gasteiger partial charge in [-0.3, -0.25) is 9.20 Å². The maximum Gasteiger partial charge on any atom is 0.490 e. The van der Waals surface area contributed by atoms with E-state index in [0.717, 1.165) is 48.5 Å². The van der Waals surface area contributed by atoms with Gasteiger partial charge in [-0.15, -0.1) is 11.3 Å². The zero-order valence-corrected chi connectivity index (χ0v) is 20.1. The molecule has 0 radical (unpaired) electrons. The lowest BCUT2D eigenvalue weighted by atomic mass is 10.2. The average Bonchev–Trinajstić information content (AvgIpc) is 3.50. The van der Waals surface area contributed by atoms with Crippen LogP contribution in [0.15, 0.2) is 29.8 Å². The number of hydrogen-bond donors (Lipinski definition) is 1. The number of anilines is 1. The molecule has 2 fully saturated rings. The Morgan fingerprint density at radius 1 is 1.14 bits per heavy atom. The molecule has 1 unspecified atom stereocenters. The summed E-state index contributed by atoms with van der Waals surface area (Å²) >= 11 is 1.49. The second-order valence-electron chi connectivity index (χ2n) is 8.04. The molecule has 1 N–H and O–H groups in total. The maximum atomic E-state index is 12.8. The Balaban J connectivity index is 0.000000384. The first-order chi connectivity index (χ1) is 17.1. The number of halogens is 3. The van der Waals surface area contributed by atoms with E-state index in [1.165, 1.54) is 11.3 Å². The minimum absolute atomic E-state index is 0.0413. The van der Waals surface area contributed by atoms with Crippen LogP contribution in [0.5, 0.6) is 0 Å². The van der Waals surface area contributed by atoms with Gasteiger partial charge in [-0.05, 0) is 19.1 Å². The number of imidazole rings is 1. The van der Waals surface area contributed by atoms with Crippen molar-refractivity contribution in [1.29, 1.82) is 0 Å². The van der Waals surface area contributed by atoms with Crippen LogP contribution in [-0.2, 0) is 14.3 Å². The van der Waals surface area contributed by atoms with Crippen LogP contribution in [0.3, 0.4) is 0 Å². The van der Waals surface area contributed by atoms with Gasteiger partial charge < -0.3 is 24.4 Å². The Morgan fingerprint density at radius 2 is 1.86 bits per heavy atom. The van der Waals surface area contributed by atoms with Crippen molar-refractivity contribution in [2.75, 3.05) is 50.9 Å². The molecule has 0 bridgehead atoms. The zero-order chi connectivity index (χ0) is 25.9. The second-order valence-corrected chi connectivity index (χ2v) is 9.10. The van der Waals surface area contributed by atoms with Crippen molar-refractivity contribution in [3.63, 3.8) is 0 Å². The molecule has 194 valence electrons. The number of carboxylic acids is 1. The van der Waals surface area contributed by atoms with Gasteiger partial charge in [-0.25, -0.2) is 14.8 Å². The third-order valence-corrected chi connectivity index (χ3v) is 6.36. The number of nitrogens with zero attached hydrogens (tertiary/aromatic N) is 5. The normalized spacial score (nSPS) is 18.6. The number of rotatable bonds is 3. The number of aliphatic carboxylic acids is 1. The van der Waals surface area contributed by atoms with Gasteiger partial charge in [0.25, 0.3) is 5.91 Å². The largest absolute Gasteiger partial charge is 0.490 e. The molecule has 2 saturated heterocycles. The fraction of sp³-hybridized carbons (Fsp3) is 0.455. The Hall–Kier alpha value is -3.23. The van der Waals surface area contributed by atoms with E-state index in [1.54, 1.807) is 0 Å². The molecule has 5 rings (SSSR count). The lowest BCUT2D eigenvalue weighted by molar-refractivity contribution is -0.192. The topological polar surface area (TPSA) is 110 Å². The van der Waals surface area contributed by atoms with Crippen molar-refractivity contribution in [1.82, 2.24) is 19.3 Å². The van der Waals surface area contributed by atoms with E-state index in [4.69, 9.17) is 24.4 Å². The van der Waals surface area contributed by atoms with Crippen molar-refractivity contribution < 1.29 is 37.3 Å². The van der Waals surface area contributed by atoms with Gasteiger partial charge >= 0.3 is 12.1 Å². The highest BCUT2D eigenvalue weighted by atomic mass is 32.1. The quantitative estimate of drug-likeness (QED) is 0.554. The lowest BCUT2D eigenvalue weighted by Crippen LogP contribution is -2.42. The number of amides is 1. The standard InChI is InChI=1S/C20H23N5O3S.C2HF3O2/c1-14-21-16(13-29-14)20(26)24-7-10-28-17(12-24)15-11-25-18(22-15)3-2-4-19(25)23-5-8-27-9-6-23;3-2(4,5)1(6)7/h2-4,11,13,17H,5-10,12H2,1H3;(H,6,7). The monoisotopic (exact) mass is 527 g/mol. The molecule has 2 aliphatic rings. The van der Waals surface area contributed by atoms with E-state index >= 15 is 0 Å². The summed E-state index contributed by atoms with van der Waals surface area (Å²) in [7, 11) is 0. The van der Waals surface area contributed by atoms with Crippen molar-refractivity contribution in [3.8, 4) is 0 Å². The Kier molecular flexibility index (Phi) is 7.76. The number of hydrogen-bond acceptors (Lipinski definition) is 8. The fourth-order valence-corrected chi connectivity index (χ4v) is 4.44. The summed E-state index contributed by atoms with van der Waals surface area (Å²) in [5.41, 5.74) is 2.24. The van der Waals surface area contributed by atoms with Gasteiger partial charge in [0.1, 0.15) is 23.3 Å². The highest BCUT2D eigenvalue weighted by Crippen LogP contribution is 2.26. The second kappa shape index (κ2) is 10.8. The molecule has 3 aromatic heterocycles. The fourth-order valence-electron chi connectivity index (χ4n) is 3.86. The molecule has 0 aliphatic carbocycles. The van der Waals surface area contributed by atoms with Crippen molar-refractivity contribution in [2.24, 2.45) is 0 Å². The van der Waals surface area contributed by atoms with E-state index < -0.39 is 12.1 Å². The molecule has 1 amide bonds. The number of aryl methyl sites for hydroxylation is 1. The Morgan fingerprint density at radius 3 is 2.50 bits per heavy atom. The maximum absolute atomic E-state index is 12.8. The van der Waals surface area contributed by atoms with Gasteiger partial charge in [0, 0.05) is 31.2 Å². The van der Waals surface area contributed by atoms with Crippen LogP contribution < -0.4 is 4.90 Å². The van der Waals surface area contributed by atoms with Crippen LogP contribution >= 0.6 is 11.3 Å². The molecule has 5 heterocycles. The average molecular weight is 528 g/mol. The number of fused-ring (bicyclic) bond motifs is 1. The third-order valence-electron chi connectivity index (χ3n) is 5.59. The van der Waals surface area contributed by atoms with E-state index in [-0.39, 0.29) is 12.0 Å².